The fourth-order valence-corrected chi connectivity index (χ4v) is 1.68. The maximum absolute atomic E-state index is 11.5. The maximum Gasteiger partial charge on any atom is 0.317 e. The zero-order valence-electron chi connectivity index (χ0n) is 11.6. The number of hydrogen-bond acceptors (Lipinski definition) is 2. The van der Waals surface area contributed by atoms with Gasteiger partial charge in [0.15, 0.2) is 0 Å². The quantitative estimate of drug-likeness (QED) is 0.753. The van der Waals surface area contributed by atoms with Crippen LogP contribution in [0.25, 0.3) is 0 Å². The van der Waals surface area contributed by atoms with E-state index >= 15 is 0 Å². The lowest BCUT2D eigenvalue weighted by Crippen LogP contribution is -2.45. The highest BCUT2D eigenvalue weighted by atomic mass is 16.2. The summed E-state index contributed by atoms with van der Waals surface area (Å²) in [6.45, 7) is 13.0. The van der Waals surface area contributed by atoms with Gasteiger partial charge in [-0.3, -0.25) is 4.90 Å². The molecule has 4 nitrogen and oxygen atoms in total. The molecule has 1 N–H and O–H groups in total. The minimum atomic E-state index is 0.00922. The zero-order valence-corrected chi connectivity index (χ0v) is 11.6. The molecule has 4 heteroatoms. The van der Waals surface area contributed by atoms with Crippen LogP contribution >= 0.6 is 0 Å². The number of amides is 2. The second-order valence-corrected chi connectivity index (χ2v) is 4.67. The lowest BCUT2D eigenvalue weighted by atomic mass is 10.2. The summed E-state index contributed by atoms with van der Waals surface area (Å²) in [6.07, 6.45) is 0. The van der Waals surface area contributed by atoms with Crippen LogP contribution in [0.1, 0.15) is 34.6 Å². The molecule has 0 atom stereocenters. The monoisotopic (exact) mass is 229 g/mol. The Morgan fingerprint density at radius 1 is 1.19 bits per heavy atom. The minimum Gasteiger partial charge on any atom is -0.337 e. The summed E-state index contributed by atoms with van der Waals surface area (Å²) in [6, 6.07) is 1.04. The first-order valence-corrected chi connectivity index (χ1v) is 6.14. The van der Waals surface area contributed by atoms with E-state index in [9.17, 15) is 4.79 Å². The molecule has 0 saturated heterocycles. The van der Waals surface area contributed by atoms with Crippen molar-refractivity contribution in [2.45, 2.75) is 46.7 Å². The molecule has 0 radical (unpaired) electrons. The van der Waals surface area contributed by atoms with Crippen LogP contribution in [0.15, 0.2) is 0 Å². The number of urea groups is 1. The van der Waals surface area contributed by atoms with Crippen molar-refractivity contribution in [1.82, 2.24) is 15.1 Å². The smallest absolute Gasteiger partial charge is 0.317 e. The third-order valence-corrected chi connectivity index (χ3v) is 2.79. The Kier molecular flexibility index (Phi) is 7.13. The highest BCUT2D eigenvalue weighted by Crippen LogP contribution is 2.03. The molecule has 16 heavy (non-hydrogen) atoms. The standard InChI is InChI=1S/C12H27N3O/c1-7-14(6)12(16)13-8-9-15(10(2)3)11(4)5/h10-11H,7-9H2,1-6H3,(H,13,16). The Morgan fingerprint density at radius 3 is 2.06 bits per heavy atom. The van der Waals surface area contributed by atoms with Crippen molar-refractivity contribution in [3.05, 3.63) is 0 Å². The van der Waals surface area contributed by atoms with Crippen molar-refractivity contribution in [1.29, 1.82) is 0 Å². The lowest BCUT2D eigenvalue weighted by molar-refractivity contribution is 0.171. The highest BCUT2D eigenvalue weighted by Gasteiger charge is 2.13. The fraction of sp³-hybridized carbons (Fsp3) is 0.917. The average Bonchev–Trinajstić information content (AvgIpc) is 2.21. The van der Waals surface area contributed by atoms with Crippen molar-refractivity contribution < 1.29 is 4.79 Å². The molecule has 96 valence electrons. The van der Waals surface area contributed by atoms with E-state index in [0.29, 0.717) is 18.6 Å². The number of carbonyl (C=O) groups excluding carboxylic acids is 1. The summed E-state index contributed by atoms with van der Waals surface area (Å²) in [5.74, 6) is 0. The largest absolute Gasteiger partial charge is 0.337 e. The van der Waals surface area contributed by atoms with Crippen molar-refractivity contribution >= 4 is 6.03 Å². The van der Waals surface area contributed by atoms with Gasteiger partial charge in [-0.2, -0.15) is 0 Å². The first kappa shape index (κ1) is 15.2. The van der Waals surface area contributed by atoms with E-state index in [2.05, 4.69) is 37.9 Å². The Labute approximate surface area is 100.0 Å². The van der Waals surface area contributed by atoms with Crippen LogP contribution in [0.2, 0.25) is 0 Å². The number of carbonyl (C=O) groups is 1. The van der Waals surface area contributed by atoms with E-state index in [1.54, 1.807) is 11.9 Å². The molecular formula is C12H27N3O. The van der Waals surface area contributed by atoms with E-state index in [0.717, 1.165) is 13.1 Å². The molecule has 0 aromatic carbocycles. The third kappa shape index (κ3) is 5.35. The van der Waals surface area contributed by atoms with Gasteiger partial charge in [0.05, 0.1) is 0 Å². The van der Waals surface area contributed by atoms with Crippen LogP contribution in [0.5, 0.6) is 0 Å². The molecule has 0 bridgehead atoms. The van der Waals surface area contributed by atoms with Gasteiger partial charge in [0.2, 0.25) is 0 Å². The van der Waals surface area contributed by atoms with Crippen LogP contribution in [-0.4, -0.2) is 54.6 Å². The number of nitrogens with one attached hydrogen (secondary N) is 1. The van der Waals surface area contributed by atoms with Gasteiger partial charge in [-0.05, 0) is 34.6 Å². The molecule has 0 saturated carbocycles. The summed E-state index contributed by atoms with van der Waals surface area (Å²) in [4.78, 5) is 15.5. The molecule has 0 aliphatic rings. The molecule has 0 unspecified atom stereocenters. The van der Waals surface area contributed by atoms with Crippen molar-refractivity contribution in [2.24, 2.45) is 0 Å². The summed E-state index contributed by atoms with van der Waals surface area (Å²) in [5, 5.41) is 2.92. The molecule has 0 aliphatic carbocycles. The summed E-state index contributed by atoms with van der Waals surface area (Å²) < 4.78 is 0. The summed E-state index contributed by atoms with van der Waals surface area (Å²) >= 11 is 0. The molecule has 0 fully saturated rings. The normalized spacial score (nSPS) is 11.3. The van der Waals surface area contributed by atoms with Crippen molar-refractivity contribution in [3.8, 4) is 0 Å². The Bertz CT molecular complexity index is 196. The third-order valence-electron chi connectivity index (χ3n) is 2.79. The van der Waals surface area contributed by atoms with E-state index in [4.69, 9.17) is 0 Å². The second-order valence-electron chi connectivity index (χ2n) is 4.67. The van der Waals surface area contributed by atoms with Crippen LogP contribution in [0, 0.1) is 0 Å². The second kappa shape index (κ2) is 7.49. The summed E-state index contributed by atoms with van der Waals surface area (Å²) in [7, 11) is 1.80. The predicted octanol–water partition coefficient (Wildman–Crippen LogP) is 1.77. The first-order chi connectivity index (χ1) is 7.40. The average molecular weight is 229 g/mol. The van der Waals surface area contributed by atoms with Gasteiger partial charge >= 0.3 is 6.03 Å². The van der Waals surface area contributed by atoms with E-state index in [1.165, 1.54) is 0 Å². The Balaban J connectivity index is 3.91. The van der Waals surface area contributed by atoms with Crippen LogP contribution in [0.4, 0.5) is 4.79 Å². The van der Waals surface area contributed by atoms with Crippen LogP contribution in [-0.2, 0) is 0 Å². The van der Waals surface area contributed by atoms with Gasteiger partial charge in [0.1, 0.15) is 0 Å². The minimum absolute atomic E-state index is 0.00922. The number of hydrogen-bond donors (Lipinski definition) is 1. The van der Waals surface area contributed by atoms with Gasteiger partial charge < -0.3 is 10.2 Å². The lowest BCUT2D eigenvalue weighted by Gasteiger charge is -2.30. The van der Waals surface area contributed by atoms with Crippen LogP contribution in [0.3, 0.4) is 0 Å². The highest BCUT2D eigenvalue weighted by molar-refractivity contribution is 5.73. The van der Waals surface area contributed by atoms with E-state index < -0.39 is 0 Å². The number of rotatable bonds is 6. The SMILES string of the molecule is CCN(C)C(=O)NCCN(C(C)C)C(C)C. The van der Waals surface area contributed by atoms with Gasteiger partial charge in [-0.25, -0.2) is 4.79 Å². The van der Waals surface area contributed by atoms with Gasteiger partial charge in [-0.15, -0.1) is 0 Å². The maximum atomic E-state index is 11.5. The molecule has 0 aromatic rings. The molecule has 0 heterocycles. The predicted molar refractivity (Wildman–Crippen MR) is 68.7 cm³/mol. The zero-order chi connectivity index (χ0) is 12.7. The molecule has 0 aliphatic heterocycles. The molecule has 0 rings (SSSR count). The number of nitrogens with zero attached hydrogens (tertiary/aromatic N) is 2. The van der Waals surface area contributed by atoms with Crippen molar-refractivity contribution in [2.75, 3.05) is 26.7 Å². The van der Waals surface area contributed by atoms with Gasteiger partial charge in [0.25, 0.3) is 0 Å². The Hall–Kier alpha value is -0.770. The molecule has 0 aromatic heterocycles. The molecular weight excluding hydrogens is 202 g/mol. The van der Waals surface area contributed by atoms with Gasteiger partial charge in [-0.1, -0.05) is 0 Å². The van der Waals surface area contributed by atoms with Crippen LogP contribution < -0.4 is 5.32 Å². The van der Waals surface area contributed by atoms with E-state index in [-0.39, 0.29) is 6.03 Å². The topological polar surface area (TPSA) is 35.6 Å². The summed E-state index contributed by atoms with van der Waals surface area (Å²) in [5.41, 5.74) is 0. The van der Waals surface area contributed by atoms with Crippen molar-refractivity contribution in [3.63, 3.8) is 0 Å². The Morgan fingerprint density at radius 2 is 1.69 bits per heavy atom. The fourth-order valence-electron chi connectivity index (χ4n) is 1.68. The molecule has 2 amide bonds. The van der Waals surface area contributed by atoms with Gasteiger partial charge in [0, 0.05) is 38.8 Å². The molecule has 0 spiro atoms. The first-order valence-electron chi connectivity index (χ1n) is 6.14. The van der Waals surface area contributed by atoms with E-state index in [1.807, 2.05) is 6.92 Å².